The van der Waals surface area contributed by atoms with E-state index in [0.29, 0.717) is 6.42 Å². The highest BCUT2D eigenvalue weighted by atomic mass is 32.1. The molecule has 3 heteroatoms. The lowest BCUT2D eigenvalue weighted by Crippen LogP contribution is -1.88. The van der Waals surface area contributed by atoms with Gasteiger partial charge in [-0.2, -0.15) is 0 Å². The molecule has 2 N–H and O–H groups in total. The number of thiophene rings is 1. The van der Waals surface area contributed by atoms with Gasteiger partial charge in [0.2, 0.25) is 0 Å². The van der Waals surface area contributed by atoms with Crippen LogP contribution in [0.25, 0.3) is 21.3 Å². The number of aliphatic hydroxyl groups is 1. The van der Waals surface area contributed by atoms with Crippen LogP contribution < -0.4 is 0 Å². The Balaban J connectivity index is 2.13. The second kappa shape index (κ2) is 4.35. The molecule has 86 valence electrons. The first-order valence-corrected chi connectivity index (χ1v) is 6.51. The Labute approximate surface area is 104 Å². The highest BCUT2D eigenvalue weighted by Crippen LogP contribution is 2.29. The molecule has 0 aliphatic rings. The topological polar surface area (TPSA) is 36.0 Å². The molecule has 0 bridgehead atoms. The summed E-state index contributed by atoms with van der Waals surface area (Å²) in [5, 5.41) is 12.3. The van der Waals surface area contributed by atoms with Gasteiger partial charge in [-0.1, -0.05) is 12.1 Å². The van der Waals surface area contributed by atoms with Gasteiger partial charge in [-0.25, -0.2) is 0 Å². The predicted octanol–water partition coefficient (Wildman–Crippen LogP) is 3.43. The van der Waals surface area contributed by atoms with Gasteiger partial charge in [-0.15, -0.1) is 11.3 Å². The van der Waals surface area contributed by atoms with E-state index in [1.807, 2.05) is 6.20 Å². The van der Waals surface area contributed by atoms with Gasteiger partial charge >= 0.3 is 0 Å². The van der Waals surface area contributed by atoms with Gasteiger partial charge in [-0.05, 0) is 41.1 Å². The Bertz CT molecular complexity index is 625. The van der Waals surface area contributed by atoms with Crippen molar-refractivity contribution in [1.82, 2.24) is 4.98 Å². The lowest BCUT2D eigenvalue weighted by Gasteiger charge is -2.00. The van der Waals surface area contributed by atoms with Gasteiger partial charge in [0.25, 0.3) is 0 Å². The molecule has 3 aromatic rings. The first-order valence-electron chi connectivity index (χ1n) is 5.63. The highest BCUT2D eigenvalue weighted by molar-refractivity contribution is 7.13. The van der Waals surface area contributed by atoms with Gasteiger partial charge in [-0.3, -0.25) is 0 Å². The monoisotopic (exact) mass is 243 g/mol. The van der Waals surface area contributed by atoms with Gasteiger partial charge in [0.1, 0.15) is 0 Å². The van der Waals surface area contributed by atoms with Crippen LogP contribution >= 0.6 is 11.3 Å². The highest BCUT2D eigenvalue weighted by Gasteiger charge is 2.05. The van der Waals surface area contributed by atoms with Crippen molar-refractivity contribution in [2.24, 2.45) is 0 Å². The fraction of sp³-hybridized carbons (Fsp3) is 0.143. The lowest BCUT2D eigenvalue weighted by molar-refractivity contribution is 0.300. The molecular weight excluding hydrogens is 230 g/mol. The van der Waals surface area contributed by atoms with E-state index in [1.54, 1.807) is 11.3 Å². The third kappa shape index (κ3) is 1.88. The average Bonchev–Trinajstić information content (AvgIpc) is 2.98. The summed E-state index contributed by atoms with van der Waals surface area (Å²) in [4.78, 5) is 4.52. The Morgan fingerprint density at radius 1 is 1.24 bits per heavy atom. The molecule has 2 heterocycles. The summed E-state index contributed by atoms with van der Waals surface area (Å²) in [7, 11) is 0. The van der Waals surface area contributed by atoms with Crippen molar-refractivity contribution >= 4 is 22.2 Å². The van der Waals surface area contributed by atoms with Gasteiger partial charge in [0.15, 0.2) is 0 Å². The van der Waals surface area contributed by atoms with Crippen LogP contribution in [0.2, 0.25) is 0 Å². The van der Waals surface area contributed by atoms with E-state index in [9.17, 15) is 0 Å². The van der Waals surface area contributed by atoms with Crippen molar-refractivity contribution in [3.05, 3.63) is 47.5 Å². The van der Waals surface area contributed by atoms with Crippen LogP contribution in [0.4, 0.5) is 0 Å². The van der Waals surface area contributed by atoms with Gasteiger partial charge < -0.3 is 10.1 Å². The molecule has 0 aliphatic heterocycles. The molecule has 3 rings (SSSR count). The normalized spacial score (nSPS) is 11.1. The maximum absolute atomic E-state index is 9.04. The maximum atomic E-state index is 9.04. The van der Waals surface area contributed by atoms with E-state index < -0.39 is 0 Å². The Hall–Kier alpha value is -1.58. The quantitative estimate of drug-likeness (QED) is 0.726. The molecular formula is C14H13NOS. The van der Waals surface area contributed by atoms with Gasteiger partial charge in [0, 0.05) is 28.6 Å². The van der Waals surface area contributed by atoms with Crippen molar-refractivity contribution in [3.63, 3.8) is 0 Å². The number of aromatic amines is 1. The molecule has 0 unspecified atom stereocenters. The Morgan fingerprint density at radius 2 is 2.18 bits per heavy atom. The molecule has 2 aromatic heterocycles. The smallest absolute Gasteiger partial charge is 0.0472 e. The van der Waals surface area contributed by atoms with E-state index in [4.69, 9.17) is 5.11 Å². The molecule has 0 aliphatic carbocycles. The zero-order chi connectivity index (χ0) is 11.7. The summed E-state index contributed by atoms with van der Waals surface area (Å²) in [5.41, 5.74) is 3.56. The van der Waals surface area contributed by atoms with Crippen LogP contribution in [0.1, 0.15) is 5.56 Å². The molecule has 0 atom stereocenters. The summed E-state index contributed by atoms with van der Waals surface area (Å²) in [6.07, 6.45) is 2.69. The van der Waals surface area contributed by atoms with Crippen LogP contribution in [0.5, 0.6) is 0 Å². The van der Waals surface area contributed by atoms with Crippen LogP contribution in [0, 0.1) is 0 Å². The van der Waals surface area contributed by atoms with Crippen molar-refractivity contribution < 1.29 is 5.11 Å². The fourth-order valence-electron chi connectivity index (χ4n) is 2.10. The number of benzene rings is 1. The van der Waals surface area contributed by atoms with E-state index >= 15 is 0 Å². The van der Waals surface area contributed by atoms with Crippen LogP contribution in [0.3, 0.4) is 0 Å². The van der Waals surface area contributed by atoms with Crippen LogP contribution in [-0.2, 0) is 6.42 Å². The van der Waals surface area contributed by atoms with E-state index in [0.717, 1.165) is 5.52 Å². The number of hydrogen-bond donors (Lipinski definition) is 2. The molecule has 0 saturated carbocycles. The summed E-state index contributed by atoms with van der Waals surface area (Å²) in [6.45, 7) is 0.191. The molecule has 0 amide bonds. The standard InChI is InChI=1S/C14H13NOS/c16-6-5-11-9-15-13-4-3-10(8-12(11)13)14-2-1-7-17-14/h1-4,7-9,15-16H,5-6H2. The number of H-pyrrole nitrogens is 1. The maximum Gasteiger partial charge on any atom is 0.0472 e. The number of nitrogens with one attached hydrogen (secondary N) is 1. The Morgan fingerprint density at radius 3 is 2.94 bits per heavy atom. The van der Waals surface area contributed by atoms with Crippen LogP contribution in [-0.4, -0.2) is 16.7 Å². The fourth-order valence-corrected chi connectivity index (χ4v) is 2.83. The second-order valence-electron chi connectivity index (χ2n) is 4.03. The number of fused-ring (bicyclic) bond motifs is 1. The molecule has 2 nitrogen and oxygen atoms in total. The minimum atomic E-state index is 0.191. The summed E-state index contributed by atoms with van der Waals surface area (Å²) >= 11 is 1.75. The third-order valence-corrected chi connectivity index (χ3v) is 3.87. The summed E-state index contributed by atoms with van der Waals surface area (Å²) < 4.78 is 0. The lowest BCUT2D eigenvalue weighted by atomic mass is 10.1. The van der Waals surface area contributed by atoms with E-state index in [-0.39, 0.29) is 6.61 Å². The molecule has 0 radical (unpaired) electrons. The number of hydrogen-bond acceptors (Lipinski definition) is 2. The SMILES string of the molecule is OCCc1c[nH]c2ccc(-c3cccs3)cc12. The third-order valence-electron chi connectivity index (χ3n) is 2.95. The largest absolute Gasteiger partial charge is 0.396 e. The summed E-state index contributed by atoms with van der Waals surface area (Å²) in [6, 6.07) is 10.6. The van der Waals surface area contributed by atoms with Crippen molar-refractivity contribution in [3.8, 4) is 10.4 Å². The van der Waals surface area contributed by atoms with Gasteiger partial charge in [0.05, 0.1) is 0 Å². The summed E-state index contributed by atoms with van der Waals surface area (Å²) in [5.74, 6) is 0. The molecule has 1 aromatic carbocycles. The van der Waals surface area contributed by atoms with Crippen molar-refractivity contribution in [1.29, 1.82) is 0 Å². The molecule has 0 fully saturated rings. The van der Waals surface area contributed by atoms with Crippen molar-refractivity contribution in [2.75, 3.05) is 6.61 Å². The van der Waals surface area contributed by atoms with Crippen molar-refractivity contribution in [2.45, 2.75) is 6.42 Å². The number of aliphatic hydroxyl groups excluding tert-OH is 1. The second-order valence-corrected chi connectivity index (χ2v) is 4.97. The average molecular weight is 243 g/mol. The number of aromatic nitrogens is 1. The molecule has 0 saturated heterocycles. The first-order chi connectivity index (χ1) is 8.38. The minimum absolute atomic E-state index is 0.191. The van der Waals surface area contributed by atoms with E-state index in [2.05, 4.69) is 40.7 Å². The van der Waals surface area contributed by atoms with E-state index in [1.165, 1.54) is 21.4 Å². The zero-order valence-corrected chi connectivity index (χ0v) is 10.1. The minimum Gasteiger partial charge on any atom is -0.396 e. The Kier molecular flexibility index (Phi) is 2.71. The molecule has 17 heavy (non-hydrogen) atoms. The zero-order valence-electron chi connectivity index (χ0n) is 9.31. The van der Waals surface area contributed by atoms with Crippen LogP contribution in [0.15, 0.2) is 41.9 Å². The molecule has 0 spiro atoms. The predicted molar refractivity (Wildman–Crippen MR) is 72.4 cm³/mol. The first kappa shape index (κ1) is 10.6. The number of rotatable bonds is 3.